The maximum absolute atomic E-state index is 13.7. The van der Waals surface area contributed by atoms with Crippen LogP contribution in [0.15, 0.2) is 18.7 Å². The molecule has 0 spiro atoms. The molecule has 7 heteroatoms. The van der Waals surface area contributed by atoms with Crippen LogP contribution in [0, 0.1) is 0 Å². The highest BCUT2D eigenvalue weighted by atomic mass is 31.1. The third kappa shape index (κ3) is 19.8. The normalized spacial score (nSPS) is 11.4. The molecule has 0 heterocycles. The molecule has 0 aliphatic rings. The molecule has 0 bridgehead atoms. The predicted molar refractivity (Wildman–Crippen MR) is 204 cm³/mol. The Balaban J connectivity index is 3.39. The van der Waals surface area contributed by atoms with E-state index in [-0.39, 0.29) is 0 Å². The number of ether oxygens (including phenoxy) is 4. The molecule has 1 atom stereocenters. The summed E-state index contributed by atoms with van der Waals surface area (Å²) in [6.45, 7) is 14.5. The summed E-state index contributed by atoms with van der Waals surface area (Å²) in [5.74, 6) is 1.78. The fourth-order valence-corrected chi connectivity index (χ4v) is 6.68. The Morgan fingerprint density at radius 1 is 0.521 bits per heavy atom. The molecule has 0 aliphatic carbocycles. The lowest BCUT2D eigenvalue weighted by atomic mass is 10.1. The average Bonchev–Trinajstić information content (AvgIpc) is 3.10. The maximum atomic E-state index is 13.7. The summed E-state index contributed by atoms with van der Waals surface area (Å²) in [7, 11) is -2.46. The molecule has 1 rings (SSSR count). The summed E-state index contributed by atoms with van der Waals surface area (Å²) in [4.78, 5) is 12.8. The molecule has 0 fully saturated rings. The Hall–Kier alpha value is -2.07. The van der Waals surface area contributed by atoms with Crippen molar-refractivity contribution in [1.29, 1.82) is 0 Å². The van der Waals surface area contributed by atoms with Crippen molar-refractivity contribution in [3.8, 4) is 23.0 Å². The lowest BCUT2D eigenvalue weighted by molar-refractivity contribution is -0.107. The largest absolute Gasteiger partial charge is 0.489 e. The molecule has 0 saturated carbocycles. The number of rotatable bonds is 35. The van der Waals surface area contributed by atoms with Crippen molar-refractivity contribution >= 4 is 18.6 Å². The molecule has 276 valence electrons. The summed E-state index contributed by atoms with van der Waals surface area (Å²) < 4.78 is 39.5. The van der Waals surface area contributed by atoms with E-state index in [1.54, 1.807) is 6.07 Å². The molecule has 0 radical (unpaired) electrons. The van der Waals surface area contributed by atoms with Gasteiger partial charge >= 0.3 is 13.3 Å². The highest BCUT2D eigenvalue weighted by Crippen LogP contribution is 2.47. The zero-order valence-electron chi connectivity index (χ0n) is 31.6. The Bertz CT molecular complexity index is 978. The number of carbonyl (C=O) groups excluding carboxylic acids is 1. The summed E-state index contributed by atoms with van der Waals surface area (Å²) in [6, 6.07) is 1.71. The van der Waals surface area contributed by atoms with E-state index < -0.39 is 13.3 Å². The van der Waals surface area contributed by atoms with E-state index in [9.17, 15) is 9.36 Å². The smallest absolute Gasteiger partial charge is 0.462 e. The number of hydrogen-bond donors (Lipinski definition) is 0. The molecule has 1 aromatic carbocycles. The highest BCUT2D eigenvalue weighted by Gasteiger charge is 2.38. The van der Waals surface area contributed by atoms with Crippen LogP contribution in [0.1, 0.15) is 182 Å². The monoisotopic (exact) mass is 692 g/mol. The van der Waals surface area contributed by atoms with Crippen LogP contribution < -0.4 is 24.3 Å². The second-order valence-corrected chi connectivity index (χ2v) is 14.7. The van der Waals surface area contributed by atoms with Crippen molar-refractivity contribution in [2.45, 2.75) is 182 Å². The quantitative estimate of drug-likeness (QED) is 0.0401. The van der Waals surface area contributed by atoms with Crippen LogP contribution in [0.3, 0.4) is 0 Å². The van der Waals surface area contributed by atoms with E-state index in [1.807, 2.05) is 0 Å². The van der Waals surface area contributed by atoms with Gasteiger partial charge in [-0.15, -0.1) is 0 Å². The van der Waals surface area contributed by atoms with Crippen molar-refractivity contribution < 1.29 is 28.3 Å². The van der Waals surface area contributed by atoms with Crippen LogP contribution in [-0.2, 0) is 9.36 Å². The maximum Gasteiger partial charge on any atom is 0.462 e. The van der Waals surface area contributed by atoms with Crippen molar-refractivity contribution in [3.63, 3.8) is 0 Å². The van der Waals surface area contributed by atoms with E-state index in [4.69, 9.17) is 18.9 Å². The zero-order valence-corrected chi connectivity index (χ0v) is 32.5. The van der Waals surface area contributed by atoms with Gasteiger partial charge < -0.3 is 18.9 Å². The summed E-state index contributed by atoms with van der Waals surface area (Å²) >= 11 is 0. The predicted octanol–water partition coefficient (Wildman–Crippen LogP) is 12.8. The number of hydrogen-bond acceptors (Lipinski definition) is 6. The molecule has 0 aliphatic heterocycles. The van der Waals surface area contributed by atoms with E-state index in [1.165, 1.54) is 96.3 Å². The highest BCUT2D eigenvalue weighted by molar-refractivity contribution is 7.71. The third-order valence-electron chi connectivity index (χ3n) is 8.72. The van der Waals surface area contributed by atoms with Crippen LogP contribution in [0.25, 0.3) is 0 Å². The minimum absolute atomic E-state index is 0.309. The van der Waals surface area contributed by atoms with Gasteiger partial charge in [0.1, 0.15) is 0 Å². The Labute approximate surface area is 296 Å². The molecule has 48 heavy (non-hydrogen) atoms. The molecule has 0 aromatic heterocycles. The number of carbonyl (C=O) groups is 1. The van der Waals surface area contributed by atoms with Crippen molar-refractivity contribution in [1.82, 2.24) is 0 Å². The lowest BCUT2D eigenvalue weighted by Crippen LogP contribution is -2.15. The molecule has 1 unspecified atom stereocenters. The van der Waals surface area contributed by atoms with Crippen molar-refractivity contribution in [2.24, 2.45) is 0 Å². The van der Waals surface area contributed by atoms with Crippen molar-refractivity contribution in [2.75, 3.05) is 26.4 Å². The lowest BCUT2D eigenvalue weighted by Gasteiger charge is -2.20. The van der Waals surface area contributed by atoms with Gasteiger partial charge in [-0.25, -0.2) is 4.79 Å². The van der Waals surface area contributed by atoms with Crippen LogP contribution in [0.4, 0.5) is 0 Å². The van der Waals surface area contributed by atoms with Crippen LogP contribution >= 0.6 is 7.80 Å². The van der Waals surface area contributed by atoms with Gasteiger partial charge in [0.25, 0.3) is 0 Å². The van der Waals surface area contributed by atoms with Gasteiger partial charge in [-0.1, -0.05) is 167 Å². The molecule has 0 N–H and O–H groups in total. The van der Waals surface area contributed by atoms with Gasteiger partial charge in [0, 0.05) is 12.1 Å². The fraction of sp³-hybridized carbons (Fsp3) is 0.780. The second-order valence-electron chi connectivity index (χ2n) is 13.2. The molecule has 0 saturated heterocycles. The first-order chi connectivity index (χ1) is 23.5. The minimum atomic E-state index is -2.46. The van der Waals surface area contributed by atoms with Gasteiger partial charge in [0.2, 0.25) is 22.6 Å². The summed E-state index contributed by atoms with van der Waals surface area (Å²) in [5, 5.41) is 0.309. The number of allylic oxidation sites excluding steroid dienone is 1. The molecular weight excluding hydrogens is 619 g/mol. The molecule has 1 aromatic rings. The Morgan fingerprint density at radius 2 is 0.854 bits per heavy atom. The zero-order chi connectivity index (χ0) is 35.1. The van der Waals surface area contributed by atoms with E-state index in [0.29, 0.717) is 54.7 Å². The van der Waals surface area contributed by atoms with Crippen LogP contribution in [0.2, 0.25) is 0 Å². The van der Waals surface area contributed by atoms with Gasteiger partial charge in [-0.05, 0) is 25.7 Å². The van der Waals surface area contributed by atoms with E-state index >= 15 is 0 Å². The first-order valence-corrected chi connectivity index (χ1v) is 21.2. The van der Waals surface area contributed by atoms with Gasteiger partial charge in [0.15, 0.2) is 5.75 Å². The Kier molecular flexibility index (Phi) is 28.3. The van der Waals surface area contributed by atoms with Gasteiger partial charge in [-0.3, -0.25) is 0 Å². The van der Waals surface area contributed by atoms with E-state index in [0.717, 1.165) is 63.9 Å². The van der Waals surface area contributed by atoms with Crippen molar-refractivity contribution in [3.05, 3.63) is 18.7 Å². The van der Waals surface area contributed by atoms with Gasteiger partial charge in [-0.2, -0.15) is 0 Å². The molecule has 0 amide bonds. The standard InChI is InChI=1S/C41H72O6P/c1-6-11-15-19-23-27-31-44-36-35-37(48(43)38(42)10-5)40(46-33-29-25-21-17-13-8-3)41(47-34-30-26-22-18-14-9-4)39(36)45-32-28-24-20-16-12-7-2/h10,35H,5-9,11-34H2,1-4H3/q+1. The first kappa shape index (κ1) is 44.0. The van der Waals surface area contributed by atoms with Crippen LogP contribution in [-0.4, -0.2) is 32.0 Å². The second kappa shape index (κ2) is 30.9. The third-order valence-corrected chi connectivity index (χ3v) is 10.1. The number of benzene rings is 1. The fourth-order valence-electron chi connectivity index (χ4n) is 5.69. The first-order valence-electron chi connectivity index (χ1n) is 19.9. The summed E-state index contributed by atoms with van der Waals surface area (Å²) in [5.41, 5.74) is -0.529. The summed E-state index contributed by atoms with van der Waals surface area (Å²) in [6.07, 6.45) is 28.6. The van der Waals surface area contributed by atoms with Crippen LogP contribution in [0.5, 0.6) is 23.0 Å². The van der Waals surface area contributed by atoms with E-state index in [2.05, 4.69) is 34.3 Å². The molecule has 6 nitrogen and oxygen atoms in total. The minimum Gasteiger partial charge on any atom is -0.489 e. The average molecular weight is 692 g/mol. The topological polar surface area (TPSA) is 71.1 Å². The van der Waals surface area contributed by atoms with Gasteiger partial charge in [0.05, 0.1) is 26.4 Å². The SMILES string of the molecule is C=CC(=O)[P+](=O)c1cc(OCCCCCCCC)c(OCCCCCCCC)c(OCCCCCCCC)c1OCCCCCCCC. The number of unbranched alkanes of at least 4 members (excludes halogenated alkanes) is 20. The molecular formula is C41H72O6P+. The Morgan fingerprint density at radius 3 is 1.25 bits per heavy atom.